The second-order valence-corrected chi connectivity index (χ2v) is 5.63. The fourth-order valence-electron chi connectivity index (χ4n) is 2.58. The Hall–Kier alpha value is -2.06. The molecule has 0 fully saturated rings. The molecule has 21 heavy (non-hydrogen) atoms. The van der Waals surface area contributed by atoms with Crippen LogP contribution in [0, 0.1) is 6.92 Å². The minimum Gasteiger partial charge on any atom is -0.370 e. The van der Waals surface area contributed by atoms with Gasteiger partial charge in [0.05, 0.1) is 5.52 Å². The highest BCUT2D eigenvalue weighted by Gasteiger charge is 2.09. The zero-order valence-electron chi connectivity index (χ0n) is 12.2. The summed E-state index contributed by atoms with van der Waals surface area (Å²) in [5.74, 6) is 0. The monoisotopic (exact) mass is 296 g/mol. The van der Waals surface area contributed by atoms with E-state index in [9.17, 15) is 0 Å². The molecule has 2 aromatic carbocycles. The number of fused-ring (bicyclic) bond motifs is 1. The lowest BCUT2D eigenvalue weighted by atomic mass is 10.1. The van der Waals surface area contributed by atoms with Gasteiger partial charge in [0.25, 0.3) is 0 Å². The van der Waals surface area contributed by atoms with E-state index in [4.69, 9.17) is 11.6 Å². The molecule has 0 aliphatic rings. The predicted octanol–water partition coefficient (Wildman–Crippen LogP) is 4.83. The van der Waals surface area contributed by atoms with Crippen molar-refractivity contribution in [2.45, 2.75) is 13.5 Å². The minimum atomic E-state index is 0.578. The summed E-state index contributed by atoms with van der Waals surface area (Å²) in [7, 11) is 2.08. The number of aryl methyl sites for hydroxylation is 1. The highest BCUT2D eigenvalue weighted by Crippen LogP contribution is 2.25. The Morgan fingerprint density at radius 1 is 1.05 bits per heavy atom. The normalized spacial score (nSPS) is 10.8. The molecule has 106 valence electrons. The number of nitrogens with zero attached hydrogens (tertiary/aromatic N) is 2. The molecular weight excluding hydrogens is 280 g/mol. The van der Waals surface area contributed by atoms with Crippen molar-refractivity contribution in [3.05, 3.63) is 70.9 Å². The number of halogens is 1. The molecule has 0 saturated carbocycles. The lowest BCUT2D eigenvalue weighted by molar-refractivity contribution is 0.913. The Morgan fingerprint density at radius 3 is 2.57 bits per heavy atom. The quantitative estimate of drug-likeness (QED) is 0.643. The Bertz CT molecular complexity index is 783. The van der Waals surface area contributed by atoms with E-state index >= 15 is 0 Å². The molecule has 0 bridgehead atoms. The number of rotatable bonds is 3. The zero-order chi connectivity index (χ0) is 14.8. The first-order chi connectivity index (χ1) is 10.1. The first kappa shape index (κ1) is 13.9. The van der Waals surface area contributed by atoms with Crippen molar-refractivity contribution in [1.82, 2.24) is 4.98 Å². The Morgan fingerprint density at radius 2 is 1.76 bits per heavy atom. The molecule has 0 amide bonds. The minimum absolute atomic E-state index is 0.578. The van der Waals surface area contributed by atoms with Gasteiger partial charge in [-0.15, -0.1) is 0 Å². The van der Waals surface area contributed by atoms with E-state index in [1.807, 2.05) is 18.2 Å². The molecule has 0 atom stereocenters. The van der Waals surface area contributed by atoms with Crippen LogP contribution >= 0.6 is 11.6 Å². The summed E-state index contributed by atoms with van der Waals surface area (Å²) in [5, 5.41) is 1.70. The van der Waals surface area contributed by atoms with Gasteiger partial charge in [0, 0.05) is 30.2 Å². The molecule has 3 rings (SSSR count). The number of hydrogen-bond donors (Lipinski definition) is 0. The third kappa shape index (κ3) is 2.86. The number of anilines is 1. The number of para-hydroxylation sites is 2. The van der Waals surface area contributed by atoms with Crippen molar-refractivity contribution in [1.29, 1.82) is 0 Å². The number of hydrogen-bond acceptors (Lipinski definition) is 2. The fraction of sp³-hybridized carbons (Fsp3) is 0.167. The standard InChI is InChI=1S/C18H17ClN2/c1-13-7-3-6-10-17(13)21(2)12-15-11-14-8-4-5-9-16(14)20-18(15)19/h3-11H,12H2,1-2H3. The summed E-state index contributed by atoms with van der Waals surface area (Å²) >= 11 is 6.34. The van der Waals surface area contributed by atoms with E-state index in [1.165, 1.54) is 11.3 Å². The summed E-state index contributed by atoms with van der Waals surface area (Å²) in [5.41, 5.74) is 4.44. The van der Waals surface area contributed by atoms with Gasteiger partial charge in [-0.3, -0.25) is 0 Å². The molecule has 0 spiro atoms. The Kier molecular flexibility index (Phi) is 3.80. The van der Waals surface area contributed by atoms with Crippen LogP contribution < -0.4 is 4.90 Å². The van der Waals surface area contributed by atoms with Crippen LogP contribution in [0.15, 0.2) is 54.6 Å². The molecule has 2 nitrogen and oxygen atoms in total. The van der Waals surface area contributed by atoms with Crippen LogP contribution in [-0.4, -0.2) is 12.0 Å². The summed E-state index contributed by atoms with van der Waals surface area (Å²) in [6.45, 7) is 2.85. The van der Waals surface area contributed by atoms with Gasteiger partial charge in [0.2, 0.25) is 0 Å². The summed E-state index contributed by atoms with van der Waals surface area (Å²) < 4.78 is 0. The van der Waals surface area contributed by atoms with E-state index in [0.717, 1.165) is 23.0 Å². The maximum Gasteiger partial charge on any atom is 0.134 e. The maximum absolute atomic E-state index is 6.34. The maximum atomic E-state index is 6.34. The van der Waals surface area contributed by atoms with Gasteiger partial charge in [-0.05, 0) is 30.7 Å². The molecule has 0 unspecified atom stereocenters. The van der Waals surface area contributed by atoms with Crippen molar-refractivity contribution in [2.24, 2.45) is 0 Å². The van der Waals surface area contributed by atoms with Gasteiger partial charge in [0.1, 0.15) is 5.15 Å². The molecule has 0 N–H and O–H groups in total. The van der Waals surface area contributed by atoms with Crippen LogP contribution in [0.2, 0.25) is 5.15 Å². The number of pyridine rings is 1. The third-order valence-electron chi connectivity index (χ3n) is 3.68. The van der Waals surface area contributed by atoms with Gasteiger partial charge in [-0.2, -0.15) is 0 Å². The number of aromatic nitrogens is 1. The van der Waals surface area contributed by atoms with Gasteiger partial charge in [-0.25, -0.2) is 4.98 Å². The highest BCUT2D eigenvalue weighted by atomic mass is 35.5. The van der Waals surface area contributed by atoms with Crippen molar-refractivity contribution in [3.8, 4) is 0 Å². The molecule has 0 aliphatic heterocycles. The lowest BCUT2D eigenvalue weighted by Gasteiger charge is -2.22. The van der Waals surface area contributed by atoms with E-state index in [0.29, 0.717) is 5.15 Å². The van der Waals surface area contributed by atoms with E-state index in [-0.39, 0.29) is 0 Å². The average Bonchev–Trinajstić information content (AvgIpc) is 2.48. The first-order valence-corrected chi connectivity index (χ1v) is 7.34. The Labute approximate surface area is 130 Å². The second-order valence-electron chi connectivity index (χ2n) is 5.27. The van der Waals surface area contributed by atoms with Crippen LogP contribution in [0.1, 0.15) is 11.1 Å². The number of benzene rings is 2. The van der Waals surface area contributed by atoms with Gasteiger partial charge in [0.15, 0.2) is 0 Å². The molecule has 3 heteroatoms. The van der Waals surface area contributed by atoms with Gasteiger partial charge < -0.3 is 4.90 Å². The topological polar surface area (TPSA) is 16.1 Å². The van der Waals surface area contributed by atoms with Crippen molar-refractivity contribution >= 4 is 28.2 Å². The largest absolute Gasteiger partial charge is 0.370 e. The zero-order valence-corrected chi connectivity index (χ0v) is 12.9. The van der Waals surface area contributed by atoms with Crippen molar-refractivity contribution in [2.75, 3.05) is 11.9 Å². The van der Waals surface area contributed by atoms with Crippen molar-refractivity contribution in [3.63, 3.8) is 0 Å². The van der Waals surface area contributed by atoms with Crippen LogP contribution in [0.5, 0.6) is 0 Å². The Balaban J connectivity index is 1.94. The van der Waals surface area contributed by atoms with Gasteiger partial charge >= 0.3 is 0 Å². The van der Waals surface area contributed by atoms with E-state index in [2.05, 4.69) is 60.3 Å². The molecule has 0 aliphatic carbocycles. The molecule has 1 heterocycles. The summed E-state index contributed by atoms with van der Waals surface area (Å²) in [6.07, 6.45) is 0. The van der Waals surface area contributed by atoms with Crippen LogP contribution in [0.3, 0.4) is 0 Å². The van der Waals surface area contributed by atoms with Crippen LogP contribution in [-0.2, 0) is 6.54 Å². The smallest absolute Gasteiger partial charge is 0.134 e. The summed E-state index contributed by atoms with van der Waals surface area (Å²) in [4.78, 5) is 6.68. The summed E-state index contributed by atoms with van der Waals surface area (Å²) in [6, 6.07) is 18.5. The van der Waals surface area contributed by atoms with E-state index < -0.39 is 0 Å². The predicted molar refractivity (Wildman–Crippen MR) is 90.0 cm³/mol. The van der Waals surface area contributed by atoms with Crippen molar-refractivity contribution < 1.29 is 0 Å². The fourth-order valence-corrected chi connectivity index (χ4v) is 2.78. The van der Waals surface area contributed by atoms with E-state index in [1.54, 1.807) is 0 Å². The second kappa shape index (κ2) is 5.74. The molecule has 3 aromatic rings. The first-order valence-electron chi connectivity index (χ1n) is 6.96. The van der Waals surface area contributed by atoms with Gasteiger partial charge in [-0.1, -0.05) is 48.0 Å². The molecule has 0 radical (unpaired) electrons. The SMILES string of the molecule is Cc1ccccc1N(C)Cc1cc2ccccc2nc1Cl. The highest BCUT2D eigenvalue weighted by molar-refractivity contribution is 6.30. The average molecular weight is 297 g/mol. The molecule has 0 saturated heterocycles. The molecule has 1 aromatic heterocycles. The third-order valence-corrected chi connectivity index (χ3v) is 4.01. The lowest BCUT2D eigenvalue weighted by Crippen LogP contribution is -2.17. The van der Waals surface area contributed by atoms with Crippen LogP contribution in [0.4, 0.5) is 5.69 Å². The molecular formula is C18H17ClN2. The van der Waals surface area contributed by atoms with Crippen LogP contribution in [0.25, 0.3) is 10.9 Å².